The van der Waals surface area contributed by atoms with Crippen molar-refractivity contribution in [1.82, 2.24) is 15.0 Å². The second-order valence-electron chi connectivity index (χ2n) is 1.50. The Balaban J connectivity index is 0.000000261. The van der Waals surface area contributed by atoms with Gasteiger partial charge in [0.2, 0.25) is 5.28 Å². The van der Waals surface area contributed by atoms with E-state index in [1.54, 1.807) is 0 Å². The Bertz CT molecular complexity index is 204. The average molecular weight is 194 g/mol. The number of hydrogen-bond acceptors (Lipinski definition) is 6. The standard InChI is InChI=1S/C3H2ClN3O.C2H6O2/c4-2-5-1-6-3(8)7-2;3-1-2-4/h1H,(H,5,6,7,8);3-4H,1-2H2. The molecule has 0 fully saturated rings. The summed E-state index contributed by atoms with van der Waals surface area (Å²) in [7, 11) is 0. The maximum absolute atomic E-state index is 8.47. The Morgan fingerprint density at radius 2 is 1.83 bits per heavy atom. The highest BCUT2D eigenvalue weighted by Crippen LogP contribution is 2.00. The van der Waals surface area contributed by atoms with E-state index >= 15 is 0 Å². The fourth-order valence-corrected chi connectivity index (χ4v) is 0.388. The minimum atomic E-state index is -0.356. The first kappa shape index (κ1) is 11.0. The van der Waals surface area contributed by atoms with Crippen LogP contribution < -0.4 is 0 Å². The van der Waals surface area contributed by atoms with Gasteiger partial charge in [-0.15, -0.1) is 0 Å². The molecule has 0 aliphatic heterocycles. The van der Waals surface area contributed by atoms with Gasteiger partial charge in [-0.2, -0.15) is 9.97 Å². The van der Waals surface area contributed by atoms with Crippen LogP contribution in [0, 0.1) is 0 Å². The third-order valence-electron chi connectivity index (χ3n) is 0.630. The molecule has 0 atom stereocenters. The van der Waals surface area contributed by atoms with Crippen LogP contribution in [-0.4, -0.2) is 43.5 Å². The Hall–Kier alpha value is -0.980. The van der Waals surface area contributed by atoms with Crippen molar-refractivity contribution in [2.24, 2.45) is 0 Å². The van der Waals surface area contributed by atoms with Gasteiger partial charge in [-0.05, 0) is 11.6 Å². The summed E-state index contributed by atoms with van der Waals surface area (Å²) in [5, 5.41) is 23.7. The molecule has 1 heterocycles. The lowest BCUT2D eigenvalue weighted by molar-refractivity contribution is 0.186. The zero-order valence-electron chi connectivity index (χ0n) is 6.05. The van der Waals surface area contributed by atoms with Crippen molar-refractivity contribution in [3.8, 4) is 6.01 Å². The van der Waals surface area contributed by atoms with E-state index in [1.165, 1.54) is 0 Å². The topological polar surface area (TPSA) is 99.4 Å². The van der Waals surface area contributed by atoms with Crippen LogP contribution in [-0.2, 0) is 0 Å². The Morgan fingerprint density at radius 1 is 1.25 bits per heavy atom. The molecule has 0 bridgehead atoms. The lowest BCUT2D eigenvalue weighted by Crippen LogP contribution is -1.85. The van der Waals surface area contributed by atoms with Crippen LogP contribution in [0.15, 0.2) is 6.33 Å². The van der Waals surface area contributed by atoms with E-state index in [1.807, 2.05) is 0 Å². The molecule has 0 aliphatic rings. The maximum atomic E-state index is 8.47. The first-order valence-electron chi connectivity index (χ1n) is 2.96. The quantitative estimate of drug-likeness (QED) is 0.540. The fourth-order valence-electron chi connectivity index (χ4n) is 0.268. The molecule has 1 aromatic rings. The minimum Gasteiger partial charge on any atom is -0.479 e. The lowest BCUT2D eigenvalue weighted by Gasteiger charge is -1.85. The number of aromatic hydroxyl groups is 1. The van der Waals surface area contributed by atoms with Gasteiger partial charge in [-0.3, -0.25) is 0 Å². The highest BCUT2D eigenvalue weighted by Gasteiger charge is 1.90. The van der Waals surface area contributed by atoms with Crippen LogP contribution in [0.1, 0.15) is 0 Å². The Labute approximate surface area is 73.5 Å². The molecule has 1 rings (SSSR count). The summed E-state index contributed by atoms with van der Waals surface area (Å²) in [5.41, 5.74) is 0. The van der Waals surface area contributed by atoms with Crippen molar-refractivity contribution >= 4 is 11.6 Å². The van der Waals surface area contributed by atoms with Gasteiger partial charge in [0.15, 0.2) is 0 Å². The Morgan fingerprint density at radius 3 is 2.08 bits per heavy atom. The number of aliphatic hydroxyl groups excluding tert-OH is 2. The summed E-state index contributed by atoms with van der Waals surface area (Å²) in [4.78, 5) is 9.98. The Kier molecular flexibility index (Phi) is 6.16. The highest BCUT2D eigenvalue weighted by molar-refractivity contribution is 6.28. The van der Waals surface area contributed by atoms with Crippen LogP contribution in [0.3, 0.4) is 0 Å². The first-order valence-corrected chi connectivity index (χ1v) is 3.33. The zero-order valence-corrected chi connectivity index (χ0v) is 6.81. The van der Waals surface area contributed by atoms with Crippen LogP contribution in [0.25, 0.3) is 0 Å². The van der Waals surface area contributed by atoms with E-state index in [0.29, 0.717) is 0 Å². The minimum absolute atomic E-state index is 0.00231. The summed E-state index contributed by atoms with van der Waals surface area (Å²) in [6.45, 7) is -0.250. The van der Waals surface area contributed by atoms with E-state index in [4.69, 9.17) is 26.9 Å². The second kappa shape index (κ2) is 6.71. The molecule has 0 spiro atoms. The molecule has 1 aromatic heterocycles. The predicted octanol–water partition coefficient (Wildman–Crippen LogP) is -0.798. The lowest BCUT2D eigenvalue weighted by atomic mass is 10.8. The zero-order chi connectivity index (χ0) is 9.40. The molecular weight excluding hydrogens is 186 g/mol. The third-order valence-corrected chi connectivity index (χ3v) is 0.812. The number of aromatic nitrogens is 3. The maximum Gasteiger partial charge on any atom is 0.318 e. The van der Waals surface area contributed by atoms with Crippen LogP contribution >= 0.6 is 11.6 Å². The molecule has 0 aromatic carbocycles. The van der Waals surface area contributed by atoms with Crippen molar-refractivity contribution < 1.29 is 15.3 Å². The van der Waals surface area contributed by atoms with Gasteiger partial charge in [0.25, 0.3) is 0 Å². The van der Waals surface area contributed by atoms with Crippen molar-refractivity contribution in [1.29, 1.82) is 0 Å². The molecule has 12 heavy (non-hydrogen) atoms. The fraction of sp³-hybridized carbons (Fsp3) is 0.400. The summed E-state index contributed by atoms with van der Waals surface area (Å²) in [5.74, 6) is 0. The molecule has 3 N–H and O–H groups in total. The van der Waals surface area contributed by atoms with Crippen molar-refractivity contribution in [2.45, 2.75) is 0 Å². The van der Waals surface area contributed by atoms with E-state index in [2.05, 4.69) is 15.0 Å². The van der Waals surface area contributed by atoms with Gasteiger partial charge >= 0.3 is 6.01 Å². The SMILES string of the molecule is OCCO.Oc1ncnc(Cl)n1. The van der Waals surface area contributed by atoms with Crippen molar-refractivity contribution in [3.63, 3.8) is 0 Å². The van der Waals surface area contributed by atoms with Gasteiger partial charge in [-0.25, -0.2) is 4.98 Å². The molecule has 0 aliphatic carbocycles. The molecule has 0 amide bonds. The first-order chi connectivity index (χ1) is 5.70. The molecule has 0 unspecified atom stereocenters. The second-order valence-corrected chi connectivity index (χ2v) is 1.84. The highest BCUT2D eigenvalue weighted by atomic mass is 35.5. The number of halogens is 1. The van der Waals surface area contributed by atoms with Gasteiger partial charge in [-0.1, -0.05) is 0 Å². The molecule has 68 valence electrons. The summed E-state index contributed by atoms with van der Waals surface area (Å²) >= 11 is 5.22. The van der Waals surface area contributed by atoms with E-state index in [0.717, 1.165) is 6.33 Å². The largest absolute Gasteiger partial charge is 0.479 e. The molecular formula is C5H8ClN3O3. The normalized spacial score (nSPS) is 8.58. The molecule has 6 nitrogen and oxygen atoms in total. The number of rotatable bonds is 1. The monoisotopic (exact) mass is 193 g/mol. The number of nitrogens with zero attached hydrogens (tertiary/aromatic N) is 3. The number of aliphatic hydroxyl groups is 2. The van der Waals surface area contributed by atoms with Gasteiger partial charge in [0.1, 0.15) is 6.33 Å². The van der Waals surface area contributed by atoms with Crippen LogP contribution in [0.5, 0.6) is 6.01 Å². The summed E-state index contributed by atoms with van der Waals surface area (Å²) in [6, 6.07) is -0.356. The summed E-state index contributed by atoms with van der Waals surface area (Å²) in [6.07, 6.45) is 1.13. The van der Waals surface area contributed by atoms with E-state index in [9.17, 15) is 0 Å². The van der Waals surface area contributed by atoms with Gasteiger partial charge in [0, 0.05) is 0 Å². The molecule has 0 saturated heterocycles. The van der Waals surface area contributed by atoms with Crippen molar-refractivity contribution in [3.05, 3.63) is 11.6 Å². The van der Waals surface area contributed by atoms with Crippen molar-refractivity contribution in [2.75, 3.05) is 13.2 Å². The summed E-state index contributed by atoms with van der Waals surface area (Å²) < 4.78 is 0. The van der Waals surface area contributed by atoms with Crippen LogP contribution in [0.2, 0.25) is 5.28 Å². The van der Waals surface area contributed by atoms with Gasteiger partial charge in [0.05, 0.1) is 13.2 Å². The number of hydrogen-bond donors (Lipinski definition) is 3. The van der Waals surface area contributed by atoms with E-state index in [-0.39, 0.29) is 24.5 Å². The van der Waals surface area contributed by atoms with E-state index < -0.39 is 0 Å². The molecule has 0 saturated carbocycles. The predicted molar refractivity (Wildman–Crippen MR) is 40.7 cm³/mol. The van der Waals surface area contributed by atoms with Crippen LogP contribution in [0.4, 0.5) is 0 Å². The molecule has 7 heteroatoms. The smallest absolute Gasteiger partial charge is 0.318 e. The molecule has 0 radical (unpaired) electrons. The average Bonchev–Trinajstić information content (AvgIpc) is 2.04. The third kappa shape index (κ3) is 5.78. The van der Waals surface area contributed by atoms with Gasteiger partial charge < -0.3 is 15.3 Å².